The highest BCUT2D eigenvalue weighted by molar-refractivity contribution is 7.89. The van der Waals surface area contributed by atoms with Crippen LogP contribution in [0.25, 0.3) is 0 Å². The van der Waals surface area contributed by atoms with Crippen LogP contribution in [0, 0.1) is 12.0 Å². The normalized spacial score (nSPS) is 10.6. The van der Waals surface area contributed by atoms with Gasteiger partial charge in [0.1, 0.15) is 0 Å². The summed E-state index contributed by atoms with van der Waals surface area (Å²) in [6.07, 6.45) is 3.18. The third-order valence-electron chi connectivity index (χ3n) is 4.19. The minimum atomic E-state index is -3.67. The number of benzene rings is 2. The van der Waals surface area contributed by atoms with Gasteiger partial charge in [-0.15, -0.1) is 0 Å². The van der Waals surface area contributed by atoms with Crippen molar-refractivity contribution in [2.45, 2.75) is 11.4 Å². The molecule has 3 rings (SSSR count). The van der Waals surface area contributed by atoms with Gasteiger partial charge in [-0.05, 0) is 60.0 Å². The number of sulfonamides is 1. The zero-order valence-corrected chi connectivity index (χ0v) is 18.0. The molecule has 1 aromatic heterocycles. The van der Waals surface area contributed by atoms with Gasteiger partial charge in [-0.1, -0.05) is 12.1 Å². The molecule has 0 aliphatic rings. The van der Waals surface area contributed by atoms with E-state index in [-0.39, 0.29) is 17.3 Å². The standard InChI is InChI=1S/C23H22N4O3S/c1-27(2)15-13-18-7-11-22(12-8-18)31(29,30)25-16-19-5-9-20(10-6-19)23(28)26-21-4-3-14-24-17-21/h3-12,14,17,25H,16H2,1-2H3,(H,26,28). The SMILES string of the molecule is CN(C)C#Cc1ccc(S(=O)(=O)NCc2ccc(C(=O)Nc3cccnc3)cc2)cc1. The van der Waals surface area contributed by atoms with Crippen LogP contribution in [0.5, 0.6) is 0 Å². The van der Waals surface area contributed by atoms with Crippen molar-refractivity contribution in [1.29, 1.82) is 0 Å². The molecule has 2 aromatic carbocycles. The van der Waals surface area contributed by atoms with Gasteiger partial charge in [-0.2, -0.15) is 0 Å². The van der Waals surface area contributed by atoms with Gasteiger partial charge in [0, 0.05) is 44.0 Å². The highest BCUT2D eigenvalue weighted by Gasteiger charge is 2.14. The van der Waals surface area contributed by atoms with E-state index in [0.717, 1.165) is 11.1 Å². The highest BCUT2D eigenvalue weighted by Crippen LogP contribution is 2.12. The summed E-state index contributed by atoms with van der Waals surface area (Å²) in [5.41, 5.74) is 2.52. The van der Waals surface area contributed by atoms with Crippen molar-refractivity contribution in [3.8, 4) is 12.0 Å². The molecule has 0 radical (unpaired) electrons. The zero-order chi connectivity index (χ0) is 22.3. The first-order valence-corrected chi connectivity index (χ1v) is 10.9. The van der Waals surface area contributed by atoms with Crippen molar-refractivity contribution < 1.29 is 13.2 Å². The van der Waals surface area contributed by atoms with Crippen LogP contribution in [0.1, 0.15) is 21.5 Å². The number of carbonyl (C=O) groups is 1. The molecule has 0 bridgehead atoms. The molecule has 7 nitrogen and oxygen atoms in total. The van der Waals surface area contributed by atoms with Crippen LogP contribution in [0.3, 0.4) is 0 Å². The molecule has 8 heteroatoms. The van der Waals surface area contributed by atoms with E-state index in [9.17, 15) is 13.2 Å². The molecule has 1 amide bonds. The number of pyridine rings is 1. The second-order valence-corrected chi connectivity index (χ2v) is 8.64. The van der Waals surface area contributed by atoms with Crippen LogP contribution in [0.15, 0.2) is 78.0 Å². The fourth-order valence-corrected chi connectivity index (χ4v) is 3.59. The number of rotatable bonds is 6. The van der Waals surface area contributed by atoms with Crippen molar-refractivity contribution >= 4 is 21.6 Å². The van der Waals surface area contributed by atoms with Crippen molar-refractivity contribution in [2.75, 3.05) is 19.4 Å². The summed E-state index contributed by atoms with van der Waals surface area (Å²) in [5.74, 6) is 2.67. The fourth-order valence-electron chi connectivity index (χ4n) is 2.57. The first-order valence-electron chi connectivity index (χ1n) is 9.42. The van der Waals surface area contributed by atoms with Crippen molar-refractivity contribution in [3.05, 3.63) is 89.7 Å². The molecule has 0 aliphatic carbocycles. The molecule has 0 unspecified atom stereocenters. The number of aromatic nitrogens is 1. The minimum absolute atomic E-state index is 0.106. The van der Waals surface area contributed by atoms with E-state index < -0.39 is 10.0 Å². The van der Waals surface area contributed by atoms with Gasteiger partial charge in [-0.25, -0.2) is 13.1 Å². The Morgan fingerprint density at radius 1 is 1.03 bits per heavy atom. The molecule has 2 N–H and O–H groups in total. The van der Waals surface area contributed by atoms with E-state index in [1.165, 1.54) is 12.1 Å². The highest BCUT2D eigenvalue weighted by atomic mass is 32.2. The number of amides is 1. The zero-order valence-electron chi connectivity index (χ0n) is 17.2. The van der Waals surface area contributed by atoms with Crippen LogP contribution in [-0.4, -0.2) is 38.3 Å². The molecular weight excluding hydrogens is 412 g/mol. The summed E-state index contributed by atoms with van der Waals surface area (Å²) in [6.45, 7) is 0.106. The average Bonchev–Trinajstić information content (AvgIpc) is 2.77. The Kier molecular flexibility index (Phi) is 7.03. The van der Waals surface area contributed by atoms with Gasteiger partial charge in [0.2, 0.25) is 10.0 Å². The van der Waals surface area contributed by atoms with Gasteiger partial charge in [-0.3, -0.25) is 9.78 Å². The molecule has 0 fully saturated rings. The predicted molar refractivity (Wildman–Crippen MR) is 120 cm³/mol. The van der Waals surface area contributed by atoms with E-state index in [2.05, 4.69) is 27.0 Å². The second-order valence-electron chi connectivity index (χ2n) is 6.87. The van der Waals surface area contributed by atoms with E-state index in [0.29, 0.717) is 11.3 Å². The molecule has 0 spiro atoms. The Hall–Kier alpha value is -3.67. The lowest BCUT2D eigenvalue weighted by Crippen LogP contribution is -2.23. The average molecular weight is 435 g/mol. The van der Waals surface area contributed by atoms with E-state index in [4.69, 9.17) is 0 Å². The monoisotopic (exact) mass is 434 g/mol. The van der Waals surface area contributed by atoms with Crippen LogP contribution in [0.4, 0.5) is 5.69 Å². The van der Waals surface area contributed by atoms with E-state index >= 15 is 0 Å². The van der Waals surface area contributed by atoms with E-state index in [1.54, 1.807) is 65.8 Å². The summed E-state index contributed by atoms with van der Waals surface area (Å²) in [7, 11) is -0.0108. The maximum atomic E-state index is 12.5. The van der Waals surface area contributed by atoms with Crippen molar-refractivity contribution in [3.63, 3.8) is 0 Å². The van der Waals surface area contributed by atoms with Gasteiger partial charge >= 0.3 is 0 Å². The van der Waals surface area contributed by atoms with Crippen LogP contribution in [0.2, 0.25) is 0 Å². The largest absolute Gasteiger partial charge is 0.338 e. The predicted octanol–water partition coefficient (Wildman–Crippen LogP) is 2.68. The Bertz CT molecular complexity index is 1200. The third kappa shape index (κ3) is 6.40. The van der Waals surface area contributed by atoms with E-state index in [1.807, 2.05) is 14.1 Å². The quantitative estimate of drug-likeness (QED) is 0.460. The third-order valence-corrected chi connectivity index (χ3v) is 5.61. The molecule has 0 aliphatic heterocycles. The molecular formula is C23H22N4O3S. The number of anilines is 1. The second kappa shape index (κ2) is 9.89. The summed E-state index contributed by atoms with van der Waals surface area (Å²) in [4.78, 5) is 18.1. The van der Waals surface area contributed by atoms with Crippen molar-refractivity contribution in [2.24, 2.45) is 0 Å². The molecule has 1 heterocycles. The minimum Gasteiger partial charge on any atom is -0.338 e. The number of hydrogen-bond donors (Lipinski definition) is 2. The Morgan fingerprint density at radius 3 is 2.35 bits per heavy atom. The number of nitrogens with zero attached hydrogens (tertiary/aromatic N) is 2. The van der Waals surface area contributed by atoms with Gasteiger partial charge in [0.15, 0.2) is 0 Å². The molecule has 0 atom stereocenters. The smallest absolute Gasteiger partial charge is 0.255 e. The van der Waals surface area contributed by atoms with Gasteiger partial charge < -0.3 is 10.2 Å². The Morgan fingerprint density at radius 2 is 1.74 bits per heavy atom. The van der Waals surface area contributed by atoms with Crippen LogP contribution < -0.4 is 10.0 Å². The van der Waals surface area contributed by atoms with Crippen LogP contribution >= 0.6 is 0 Å². The molecule has 158 valence electrons. The Labute approximate surface area is 182 Å². The summed E-state index contributed by atoms with van der Waals surface area (Å²) >= 11 is 0. The maximum absolute atomic E-state index is 12.5. The lowest BCUT2D eigenvalue weighted by molar-refractivity contribution is 0.102. The summed E-state index contributed by atoms with van der Waals surface area (Å²) in [5, 5.41) is 2.75. The summed E-state index contributed by atoms with van der Waals surface area (Å²) in [6, 6.07) is 19.4. The molecule has 3 aromatic rings. The number of carbonyl (C=O) groups excluding carboxylic acids is 1. The first kappa shape index (κ1) is 22.0. The number of nitrogens with one attached hydrogen (secondary N) is 2. The molecule has 0 saturated heterocycles. The topological polar surface area (TPSA) is 91.4 Å². The Balaban J connectivity index is 1.60. The molecule has 0 saturated carbocycles. The van der Waals surface area contributed by atoms with Gasteiger partial charge in [0.05, 0.1) is 16.8 Å². The maximum Gasteiger partial charge on any atom is 0.255 e. The molecule has 31 heavy (non-hydrogen) atoms. The van der Waals surface area contributed by atoms with Crippen LogP contribution in [-0.2, 0) is 16.6 Å². The summed E-state index contributed by atoms with van der Waals surface area (Å²) < 4.78 is 27.6. The fraction of sp³-hybridized carbons (Fsp3) is 0.130. The van der Waals surface area contributed by atoms with Gasteiger partial charge in [0.25, 0.3) is 5.91 Å². The van der Waals surface area contributed by atoms with Crippen molar-refractivity contribution in [1.82, 2.24) is 14.6 Å². The first-order chi connectivity index (χ1) is 14.8. The lowest BCUT2D eigenvalue weighted by atomic mass is 10.1. The number of hydrogen-bond acceptors (Lipinski definition) is 5. The lowest BCUT2D eigenvalue weighted by Gasteiger charge is -2.08.